The Labute approximate surface area is 151 Å². The van der Waals surface area contributed by atoms with Gasteiger partial charge in [0.05, 0.1) is 6.61 Å². The van der Waals surface area contributed by atoms with Gasteiger partial charge in [0.15, 0.2) is 17.4 Å². The molecule has 1 N–H and O–H groups in total. The summed E-state index contributed by atoms with van der Waals surface area (Å²) < 4.78 is 33.7. The Morgan fingerprint density at radius 3 is 2.44 bits per heavy atom. The van der Waals surface area contributed by atoms with Crippen molar-refractivity contribution in [3.8, 4) is 16.9 Å². The van der Waals surface area contributed by atoms with Crippen LogP contribution in [0.25, 0.3) is 11.1 Å². The average Bonchev–Trinajstić information content (AvgIpc) is 2.57. The minimum Gasteiger partial charge on any atom is -0.488 e. The highest BCUT2D eigenvalue weighted by molar-refractivity contribution is 8.00. The minimum absolute atomic E-state index is 0.0441. The Balaban J connectivity index is 1.74. The summed E-state index contributed by atoms with van der Waals surface area (Å²) in [5.41, 5.74) is 1.31. The van der Waals surface area contributed by atoms with Crippen LogP contribution >= 0.6 is 11.8 Å². The molecule has 1 fully saturated rings. The number of benzene rings is 2. The Hall–Kier alpha value is -1.59. The van der Waals surface area contributed by atoms with E-state index in [0.717, 1.165) is 10.5 Å². The molecule has 0 spiro atoms. The third kappa shape index (κ3) is 4.73. The van der Waals surface area contributed by atoms with Crippen molar-refractivity contribution in [3.05, 3.63) is 48.0 Å². The van der Waals surface area contributed by atoms with Crippen LogP contribution in [0.2, 0.25) is 0 Å². The monoisotopic (exact) mass is 364 g/mol. The summed E-state index contributed by atoms with van der Waals surface area (Å²) in [6, 6.07) is 10.4. The highest BCUT2D eigenvalue weighted by Gasteiger charge is 2.19. The first-order chi connectivity index (χ1) is 12.2. The fourth-order valence-electron chi connectivity index (χ4n) is 2.68. The van der Waals surface area contributed by atoms with Crippen molar-refractivity contribution in [2.45, 2.75) is 42.2 Å². The van der Waals surface area contributed by atoms with E-state index in [9.17, 15) is 8.78 Å². The van der Waals surface area contributed by atoms with Crippen LogP contribution < -0.4 is 4.74 Å². The normalized spacial score (nSPS) is 14.4. The summed E-state index contributed by atoms with van der Waals surface area (Å²) in [5.74, 6) is -1.74. The van der Waals surface area contributed by atoms with Gasteiger partial charge in [0.1, 0.15) is 0 Å². The number of aliphatic hydroxyl groups is 1. The molecule has 1 aliphatic carbocycles. The molecule has 0 aromatic heterocycles. The first-order valence-corrected chi connectivity index (χ1v) is 9.55. The van der Waals surface area contributed by atoms with E-state index in [4.69, 9.17) is 9.84 Å². The third-order valence-corrected chi connectivity index (χ3v) is 5.65. The molecule has 5 heteroatoms. The van der Waals surface area contributed by atoms with Crippen LogP contribution in [0.4, 0.5) is 8.78 Å². The summed E-state index contributed by atoms with van der Waals surface area (Å²) in [4.78, 5) is 1.13. The van der Waals surface area contributed by atoms with Crippen molar-refractivity contribution in [1.82, 2.24) is 0 Å². The number of rotatable bonds is 8. The van der Waals surface area contributed by atoms with Gasteiger partial charge in [-0.1, -0.05) is 18.6 Å². The number of aliphatic hydroxyl groups excluding tert-OH is 1. The Kier molecular flexibility index (Phi) is 6.32. The highest BCUT2D eigenvalue weighted by atomic mass is 32.2. The predicted octanol–water partition coefficient (Wildman–Crippen LogP) is 5.43. The van der Waals surface area contributed by atoms with Gasteiger partial charge in [0, 0.05) is 16.8 Å². The summed E-state index contributed by atoms with van der Waals surface area (Å²) in [7, 11) is 0. The summed E-state index contributed by atoms with van der Waals surface area (Å²) in [6.07, 6.45) is 4.86. The quantitative estimate of drug-likeness (QED) is 0.634. The lowest BCUT2D eigenvalue weighted by Crippen LogP contribution is -2.12. The number of halogens is 2. The van der Waals surface area contributed by atoms with Gasteiger partial charge in [-0.05, 0) is 61.1 Å². The van der Waals surface area contributed by atoms with E-state index >= 15 is 0 Å². The number of hydrogen-bond acceptors (Lipinski definition) is 3. The van der Waals surface area contributed by atoms with Crippen LogP contribution in [-0.2, 0) is 0 Å². The van der Waals surface area contributed by atoms with Gasteiger partial charge in [-0.2, -0.15) is 0 Å². The number of unbranched alkanes of at least 4 members (excludes halogenated alkanes) is 1. The van der Waals surface area contributed by atoms with Crippen molar-refractivity contribution in [2.24, 2.45) is 0 Å². The minimum atomic E-state index is -0.698. The maximum absolute atomic E-state index is 14.3. The number of hydrogen-bond donors (Lipinski definition) is 1. The molecule has 2 nitrogen and oxygen atoms in total. The summed E-state index contributed by atoms with van der Waals surface area (Å²) >= 11 is 1.83. The van der Waals surface area contributed by atoms with Gasteiger partial charge >= 0.3 is 0 Å². The molecule has 0 aliphatic heterocycles. The Bertz CT molecular complexity index is 694. The molecule has 0 saturated heterocycles. The molecule has 0 atom stereocenters. The molecule has 0 heterocycles. The van der Waals surface area contributed by atoms with Gasteiger partial charge in [-0.25, -0.2) is 8.78 Å². The van der Waals surface area contributed by atoms with Crippen molar-refractivity contribution < 1.29 is 18.6 Å². The average molecular weight is 364 g/mol. The van der Waals surface area contributed by atoms with Crippen LogP contribution in [-0.4, -0.2) is 23.6 Å². The van der Waals surface area contributed by atoms with E-state index < -0.39 is 11.6 Å². The van der Waals surface area contributed by atoms with Crippen LogP contribution in [0.15, 0.2) is 41.3 Å². The van der Waals surface area contributed by atoms with Crippen molar-refractivity contribution >= 4 is 11.8 Å². The second-order valence-corrected chi connectivity index (χ2v) is 7.62. The van der Waals surface area contributed by atoms with Crippen LogP contribution in [0.1, 0.15) is 32.1 Å². The highest BCUT2D eigenvalue weighted by Crippen LogP contribution is 2.38. The molecule has 134 valence electrons. The lowest BCUT2D eigenvalue weighted by molar-refractivity contribution is 0.242. The van der Waals surface area contributed by atoms with Crippen LogP contribution in [0.3, 0.4) is 0 Å². The molecule has 0 bridgehead atoms. The molecule has 1 aliphatic rings. The van der Waals surface area contributed by atoms with Crippen LogP contribution in [0.5, 0.6) is 5.75 Å². The van der Waals surface area contributed by atoms with Crippen molar-refractivity contribution in [1.29, 1.82) is 0 Å². The molecule has 25 heavy (non-hydrogen) atoms. The van der Waals surface area contributed by atoms with E-state index in [1.807, 2.05) is 36.0 Å². The molecular weight excluding hydrogens is 342 g/mol. The molecule has 1 saturated carbocycles. The smallest absolute Gasteiger partial charge is 0.190 e. The van der Waals surface area contributed by atoms with Gasteiger partial charge in [-0.3, -0.25) is 0 Å². The molecule has 0 unspecified atom stereocenters. The summed E-state index contributed by atoms with van der Waals surface area (Å²) in [6.45, 7) is 0.226. The molecule has 2 aromatic rings. The molecular formula is C20H22F2O2S. The van der Waals surface area contributed by atoms with Gasteiger partial charge in [0.2, 0.25) is 0 Å². The van der Waals surface area contributed by atoms with E-state index in [2.05, 4.69) is 0 Å². The fourth-order valence-corrected chi connectivity index (χ4v) is 3.99. The largest absolute Gasteiger partial charge is 0.488 e. The van der Waals surface area contributed by atoms with E-state index in [1.54, 1.807) is 0 Å². The van der Waals surface area contributed by atoms with Crippen LogP contribution in [0, 0.1) is 11.6 Å². The zero-order valence-corrected chi connectivity index (χ0v) is 14.8. The molecule has 0 radical (unpaired) electrons. The first-order valence-electron chi connectivity index (χ1n) is 8.67. The Morgan fingerprint density at radius 2 is 1.80 bits per heavy atom. The number of thioether (sulfide) groups is 1. The molecule has 3 rings (SSSR count). The second kappa shape index (κ2) is 8.68. The van der Waals surface area contributed by atoms with E-state index in [0.29, 0.717) is 23.7 Å². The van der Waals surface area contributed by atoms with Crippen molar-refractivity contribution in [3.63, 3.8) is 0 Å². The molecule has 2 aromatic carbocycles. The summed E-state index contributed by atoms with van der Waals surface area (Å²) in [5, 5.41) is 9.39. The topological polar surface area (TPSA) is 29.5 Å². The Morgan fingerprint density at radius 1 is 1.04 bits per heavy atom. The SMILES string of the molecule is OCCCCOc1c(F)cc(-c2cccc(SC3CCC3)c2)cc1F. The number of ether oxygens (including phenoxy) is 1. The van der Waals surface area contributed by atoms with E-state index in [-0.39, 0.29) is 19.0 Å². The fraction of sp³-hybridized carbons (Fsp3) is 0.400. The standard InChI is InChI=1S/C20H22F2O2S/c21-18-12-15(13-19(22)20(18)24-10-2-1-9-23)14-5-3-8-17(11-14)25-16-6-4-7-16/h3,5,8,11-13,16,23H,1-2,4,6-7,9-10H2. The second-order valence-electron chi connectivity index (χ2n) is 6.25. The van der Waals surface area contributed by atoms with Crippen molar-refractivity contribution in [2.75, 3.05) is 13.2 Å². The zero-order valence-electron chi connectivity index (χ0n) is 14.0. The first kappa shape index (κ1) is 18.2. The third-order valence-electron chi connectivity index (χ3n) is 4.32. The van der Waals surface area contributed by atoms with E-state index in [1.165, 1.54) is 31.4 Å². The maximum atomic E-state index is 14.3. The van der Waals surface area contributed by atoms with Gasteiger partial charge < -0.3 is 9.84 Å². The zero-order chi connectivity index (χ0) is 17.6. The van der Waals surface area contributed by atoms with Gasteiger partial charge in [0.25, 0.3) is 0 Å². The predicted molar refractivity (Wildman–Crippen MR) is 97.1 cm³/mol. The lowest BCUT2D eigenvalue weighted by atomic mass is 10.00. The maximum Gasteiger partial charge on any atom is 0.190 e. The van der Waals surface area contributed by atoms with Gasteiger partial charge in [-0.15, -0.1) is 11.8 Å². The molecule has 0 amide bonds. The lowest BCUT2D eigenvalue weighted by Gasteiger charge is -2.24.